The smallest absolute Gasteiger partial charge is 0.166 e. The minimum absolute atomic E-state index is 0.728. The molecule has 0 fully saturated rings. The number of nitrogen functional groups attached to an aromatic ring is 1. The van der Waals surface area contributed by atoms with E-state index in [9.17, 15) is 0 Å². The Hall–Kier alpha value is -2.02. The Bertz CT molecular complexity index is 686. The van der Waals surface area contributed by atoms with Crippen molar-refractivity contribution in [3.05, 3.63) is 30.4 Å². The van der Waals surface area contributed by atoms with Crippen LogP contribution >= 0.6 is 11.8 Å². The van der Waals surface area contributed by atoms with Crippen LogP contribution < -0.4 is 5.73 Å². The van der Waals surface area contributed by atoms with E-state index < -0.39 is 0 Å². The Morgan fingerprint density at radius 1 is 1.44 bits per heavy atom. The van der Waals surface area contributed by atoms with Gasteiger partial charge < -0.3 is 15.3 Å². The van der Waals surface area contributed by atoms with Gasteiger partial charge in [0.25, 0.3) is 0 Å². The molecule has 0 atom stereocenters. The molecule has 0 unspecified atom stereocenters. The predicted octanol–water partition coefficient (Wildman–Crippen LogP) is 1.57. The van der Waals surface area contributed by atoms with Gasteiger partial charge in [-0.15, -0.1) is 10.2 Å². The number of aromatic nitrogens is 5. The summed E-state index contributed by atoms with van der Waals surface area (Å²) in [6, 6.07) is 5.64. The maximum absolute atomic E-state index is 5.73. The van der Waals surface area contributed by atoms with Gasteiger partial charge in [0, 0.05) is 12.7 Å². The molecule has 0 saturated carbocycles. The van der Waals surface area contributed by atoms with Crippen molar-refractivity contribution in [2.24, 2.45) is 7.05 Å². The van der Waals surface area contributed by atoms with Gasteiger partial charge in [-0.1, -0.05) is 11.8 Å². The zero-order valence-electron chi connectivity index (χ0n) is 9.79. The number of rotatable bonds is 3. The summed E-state index contributed by atoms with van der Waals surface area (Å²) in [6.45, 7) is 0. The first-order valence-corrected chi connectivity index (χ1v) is 6.42. The molecule has 6 nitrogen and oxygen atoms in total. The number of nitrogens with zero attached hydrogens (tertiary/aromatic N) is 4. The highest BCUT2D eigenvalue weighted by Gasteiger charge is 2.06. The molecular weight excluding hydrogens is 248 g/mol. The Balaban J connectivity index is 1.81. The van der Waals surface area contributed by atoms with E-state index in [0.717, 1.165) is 33.5 Å². The maximum atomic E-state index is 5.73. The minimum Gasteiger partial charge on any atom is -0.399 e. The quantitative estimate of drug-likeness (QED) is 0.551. The molecule has 0 bridgehead atoms. The van der Waals surface area contributed by atoms with E-state index in [1.165, 1.54) is 0 Å². The second-order valence-corrected chi connectivity index (χ2v) is 4.93. The van der Waals surface area contributed by atoms with Crippen molar-refractivity contribution in [2.45, 2.75) is 10.9 Å². The van der Waals surface area contributed by atoms with E-state index in [-0.39, 0.29) is 0 Å². The normalized spacial score (nSPS) is 11.2. The lowest BCUT2D eigenvalue weighted by molar-refractivity contribution is 0.848. The van der Waals surface area contributed by atoms with Crippen LogP contribution in [0.2, 0.25) is 0 Å². The van der Waals surface area contributed by atoms with Gasteiger partial charge in [0.2, 0.25) is 0 Å². The van der Waals surface area contributed by atoms with Crippen molar-refractivity contribution >= 4 is 28.5 Å². The summed E-state index contributed by atoms with van der Waals surface area (Å²) in [4.78, 5) is 7.71. The summed E-state index contributed by atoms with van der Waals surface area (Å²) in [5, 5.41) is 8.73. The molecule has 7 heteroatoms. The van der Waals surface area contributed by atoms with Gasteiger partial charge in [-0.3, -0.25) is 0 Å². The molecule has 3 aromatic rings. The van der Waals surface area contributed by atoms with Crippen molar-refractivity contribution in [1.82, 2.24) is 24.7 Å². The second kappa shape index (κ2) is 4.34. The molecule has 2 aromatic heterocycles. The lowest BCUT2D eigenvalue weighted by atomic mass is 10.3. The fourth-order valence-corrected chi connectivity index (χ4v) is 2.52. The molecule has 0 radical (unpaired) electrons. The van der Waals surface area contributed by atoms with Crippen LogP contribution in [0.5, 0.6) is 0 Å². The number of fused-ring (bicyclic) bond motifs is 1. The van der Waals surface area contributed by atoms with Gasteiger partial charge in [-0.05, 0) is 18.2 Å². The monoisotopic (exact) mass is 260 g/mol. The highest BCUT2D eigenvalue weighted by Crippen LogP contribution is 2.23. The number of hydrogen-bond acceptors (Lipinski definition) is 5. The summed E-state index contributed by atoms with van der Waals surface area (Å²) in [5.41, 5.74) is 8.34. The van der Waals surface area contributed by atoms with Crippen LogP contribution in [0.1, 0.15) is 5.82 Å². The number of hydrogen-bond donors (Lipinski definition) is 2. The van der Waals surface area contributed by atoms with Crippen LogP contribution in [-0.2, 0) is 12.8 Å². The topological polar surface area (TPSA) is 85.4 Å². The largest absolute Gasteiger partial charge is 0.399 e. The van der Waals surface area contributed by atoms with E-state index in [4.69, 9.17) is 5.73 Å². The van der Waals surface area contributed by atoms with Gasteiger partial charge in [0.15, 0.2) is 5.16 Å². The lowest BCUT2D eigenvalue weighted by Crippen LogP contribution is -1.94. The molecule has 0 saturated heterocycles. The van der Waals surface area contributed by atoms with Gasteiger partial charge >= 0.3 is 0 Å². The molecule has 2 heterocycles. The molecule has 18 heavy (non-hydrogen) atoms. The number of benzene rings is 1. The highest BCUT2D eigenvalue weighted by atomic mass is 32.2. The predicted molar refractivity (Wildman–Crippen MR) is 71.1 cm³/mol. The molecular formula is C11H12N6S. The van der Waals surface area contributed by atoms with Crippen molar-refractivity contribution in [1.29, 1.82) is 0 Å². The number of nitrogens with two attached hydrogens (primary N) is 1. The fourth-order valence-electron chi connectivity index (χ4n) is 1.64. The van der Waals surface area contributed by atoms with Gasteiger partial charge in [0.1, 0.15) is 12.2 Å². The van der Waals surface area contributed by atoms with Crippen LogP contribution in [-0.4, -0.2) is 24.7 Å². The first-order chi connectivity index (χ1) is 8.72. The summed E-state index contributed by atoms with van der Waals surface area (Å²) < 4.78 is 1.90. The van der Waals surface area contributed by atoms with Crippen LogP contribution in [0.15, 0.2) is 29.7 Å². The van der Waals surface area contributed by atoms with Crippen LogP contribution in [0.3, 0.4) is 0 Å². The number of H-pyrrole nitrogens is 1. The third-order valence-electron chi connectivity index (χ3n) is 2.63. The minimum atomic E-state index is 0.728. The lowest BCUT2D eigenvalue weighted by Gasteiger charge is -1.97. The van der Waals surface area contributed by atoms with E-state index in [1.807, 2.05) is 29.8 Å². The van der Waals surface area contributed by atoms with E-state index in [0.29, 0.717) is 0 Å². The maximum Gasteiger partial charge on any atom is 0.166 e. The molecule has 0 aliphatic rings. The summed E-state index contributed by atoms with van der Waals surface area (Å²) >= 11 is 1.59. The van der Waals surface area contributed by atoms with Gasteiger partial charge in [-0.2, -0.15) is 0 Å². The van der Waals surface area contributed by atoms with Crippen molar-refractivity contribution in [3.63, 3.8) is 0 Å². The van der Waals surface area contributed by atoms with Crippen molar-refractivity contribution < 1.29 is 0 Å². The molecule has 0 spiro atoms. The third-order valence-corrected chi connectivity index (χ3v) is 3.50. The molecule has 92 valence electrons. The van der Waals surface area contributed by atoms with E-state index >= 15 is 0 Å². The summed E-state index contributed by atoms with van der Waals surface area (Å²) in [7, 11) is 1.93. The summed E-state index contributed by atoms with van der Waals surface area (Å²) in [5.74, 6) is 1.64. The van der Waals surface area contributed by atoms with Gasteiger partial charge in [-0.25, -0.2) is 4.98 Å². The molecule has 0 aliphatic carbocycles. The molecule has 3 N–H and O–H groups in total. The molecule has 3 rings (SSSR count). The molecule has 0 amide bonds. The summed E-state index contributed by atoms with van der Waals surface area (Å²) in [6.07, 6.45) is 1.69. The highest BCUT2D eigenvalue weighted by molar-refractivity contribution is 7.98. The van der Waals surface area contributed by atoms with Crippen LogP contribution in [0.4, 0.5) is 5.69 Å². The Morgan fingerprint density at radius 2 is 2.33 bits per heavy atom. The zero-order chi connectivity index (χ0) is 12.5. The number of aryl methyl sites for hydroxylation is 1. The van der Waals surface area contributed by atoms with Gasteiger partial charge in [0.05, 0.1) is 16.8 Å². The van der Waals surface area contributed by atoms with Crippen molar-refractivity contribution in [2.75, 3.05) is 5.73 Å². The average Bonchev–Trinajstić information content (AvgIpc) is 2.92. The van der Waals surface area contributed by atoms with E-state index in [2.05, 4.69) is 20.2 Å². The number of nitrogens with one attached hydrogen (secondary N) is 1. The number of imidazole rings is 1. The van der Waals surface area contributed by atoms with Crippen LogP contribution in [0.25, 0.3) is 11.0 Å². The Labute approximate surface area is 108 Å². The number of anilines is 1. The standard InChI is InChI=1S/C11H12N6S/c1-17-6-13-16-10(17)5-18-11-14-8-3-2-7(12)4-9(8)15-11/h2-4,6H,5,12H2,1H3,(H,14,15). The van der Waals surface area contributed by atoms with Crippen LogP contribution in [0, 0.1) is 0 Å². The first kappa shape index (κ1) is 11.1. The first-order valence-electron chi connectivity index (χ1n) is 5.43. The van der Waals surface area contributed by atoms with Crippen molar-refractivity contribution in [3.8, 4) is 0 Å². The average molecular weight is 260 g/mol. The number of aromatic amines is 1. The third kappa shape index (κ3) is 2.04. The Kier molecular flexibility index (Phi) is 2.67. The zero-order valence-corrected chi connectivity index (χ0v) is 10.6. The fraction of sp³-hybridized carbons (Fsp3) is 0.182. The SMILES string of the molecule is Cn1cnnc1CSc1nc2ccc(N)cc2[nH]1. The van der Waals surface area contributed by atoms with E-state index in [1.54, 1.807) is 18.1 Å². The second-order valence-electron chi connectivity index (χ2n) is 3.97. The molecule has 0 aliphatic heterocycles. The number of thioether (sulfide) groups is 1. The Morgan fingerprint density at radius 3 is 3.11 bits per heavy atom. The molecule has 1 aromatic carbocycles.